The zero-order chi connectivity index (χ0) is 46.3. The number of carboxylic acids is 1. The molecule has 0 aliphatic rings. The average Bonchev–Trinajstić information content (AvgIpc) is 3.24. The predicted octanol–water partition coefficient (Wildman–Crippen LogP) is 14.5. The minimum absolute atomic E-state index is 0.0458. The zero-order valence-corrected chi connectivity index (χ0v) is 42.5. The van der Waals surface area contributed by atoms with E-state index in [1.54, 1.807) is 0 Å². The lowest BCUT2D eigenvalue weighted by molar-refractivity contribution is -0.889. The molecule has 2 atom stereocenters. The fourth-order valence-corrected chi connectivity index (χ4v) is 8.42. The molecule has 8 heteroatoms. The molecule has 0 N–H and O–H groups in total. The molecule has 0 spiro atoms. The van der Waals surface area contributed by atoms with E-state index < -0.39 is 18.1 Å². The number of rotatable bonds is 50. The van der Waals surface area contributed by atoms with E-state index >= 15 is 0 Å². The number of hydrogen-bond donors (Lipinski definition) is 0. The third-order valence-corrected chi connectivity index (χ3v) is 12.7. The maximum Gasteiger partial charge on any atom is 0.306 e. The van der Waals surface area contributed by atoms with Crippen molar-refractivity contribution < 1.29 is 38.2 Å². The van der Waals surface area contributed by atoms with Crippen molar-refractivity contribution in [3.63, 3.8) is 0 Å². The Labute approximate surface area is 390 Å². The van der Waals surface area contributed by atoms with Crippen molar-refractivity contribution in [1.82, 2.24) is 0 Å². The number of ether oxygens (including phenoxy) is 3. The van der Waals surface area contributed by atoms with E-state index in [-0.39, 0.29) is 42.7 Å². The number of unbranched alkanes of at least 4 members (excludes halogenated alkanes) is 34. The molecule has 63 heavy (non-hydrogen) atoms. The highest BCUT2D eigenvalue weighted by molar-refractivity contribution is 5.70. The van der Waals surface area contributed by atoms with Gasteiger partial charge in [0.05, 0.1) is 40.3 Å². The highest BCUT2D eigenvalue weighted by atomic mass is 16.6. The Morgan fingerprint density at radius 2 is 0.794 bits per heavy atom. The van der Waals surface area contributed by atoms with Gasteiger partial charge in [-0.1, -0.05) is 225 Å². The van der Waals surface area contributed by atoms with Crippen LogP contribution in [-0.2, 0) is 28.6 Å². The van der Waals surface area contributed by atoms with E-state index in [0.717, 1.165) is 38.5 Å². The normalized spacial score (nSPS) is 12.8. The van der Waals surface area contributed by atoms with E-state index in [1.807, 2.05) is 21.1 Å². The summed E-state index contributed by atoms with van der Waals surface area (Å²) in [5, 5.41) is 11.7. The van der Waals surface area contributed by atoms with Crippen molar-refractivity contribution in [3.8, 4) is 0 Å². The van der Waals surface area contributed by atoms with E-state index in [0.29, 0.717) is 12.8 Å². The van der Waals surface area contributed by atoms with Crippen LogP contribution in [0.4, 0.5) is 0 Å². The molecular formula is C55H105NO7. The van der Waals surface area contributed by atoms with Crippen molar-refractivity contribution in [2.24, 2.45) is 0 Å². The zero-order valence-electron chi connectivity index (χ0n) is 42.5. The quantitative estimate of drug-likeness (QED) is 0.0259. The fraction of sp³-hybridized carbons (Fsp3) is 0.909. The minimum Gasteiger partial charge on any atom is -0.544 e. The Balaban J connectivity index is 4.15. The number of quaternary nitrogens is 1. The molecule has 0 radical (unpaired) electrons. The number of hydrogen-bond acceptors (Lipinski definition) is 7. The number of nitrogens with zero attached hydrogens (tertiary/aromatic N) is 1. The lowest BCUT2D eigenvalue weighted by Crippen LogP contribution is -2.55. The number of aliphatic carboxylic acids is 1. The van der Waals surface area contributed by atoms with Crippen LogP contribution in [-0.4, -0.2) is 75.5 Å². The van der Waals surface area contributed by atoms with Gasteiger partial charge in [-0.05, 0) is 38.5 Å². The number of esters is 2. The monoisotopic (exact) mass is 892 g/mol. The van der Waals surface area contributed by atoms with Crippen molar-refractivity contribution in [2.45, 2.75) is 283 Å². The summed E-state index contributed by atoms with van der Waals surface area (Å²) in [5.74, 6) is -1.72. The summed E-state index contributed by atoms with van der Waals surface area (Å²) in [4.78, 5) is 37.1. The smallest absolute Gasteiger partial charge is 0.306 e. The summed E-state index contributed by atoms with van der Waals surface area (Å²) in [5.41, 5.74) is 0. The molecule has 8 nitrogen and oxygen atoms in total. The Bertz CT molecular complexity index is 1040. The van der Waals surface area contributed by atoms with Crippen molar-refractivity contribution >= 4 is 17.9 Å². The molecule has 0 aliphatic carbocycles. The van der Waals surface area contributed by atoms with Gasteiger partial charge in [-0.3, -0.25) is 9.59 Å². The molecule has 0 heterocycles. The third kappa shape index (κ3) is 45.0. The largest absolute Gasteiger partial charge is 0.544 e. The molecule has 0 saturated carbocycles. The summed E-state index contributed by atoms with van der Waals surface area (Å²) in [7, 11) is 5.43. The first-order valence-electron chi connectivity index (χ1n) is 27.2. The Hall–Kier alpha value is -1.93. The standard InChI is InChI=1S/C55H105NO7/c1-6-8-10-12-14-16-18-20-22-24-25-26-27-28-29-30-32-33-35-37-39-41-43-45-53(57)62-50-51(49-61-48-47-52(55(59)60)56(3,4)5)63-54(58)46-44-42-40-38-36-34-31-23-21-19-17-15-13-11-9-7-2/h28-29,51-52H,6-27,30-50H2,1-5H3/b29-28+. The van der Waals surface area contributed by atoms with Gasteiger partial charge >= 0.3 is 11.9 Å². The van der Waals surface area contributed by atoms with Gasteiger partial charge < -0.3 is 28.6 Å². The number of likely N-dealkylation sites (N-methyl/N-ethyl adjacent to an activating group) is 1. The van der Waals surface area contributed by atoms with Gasteiger partial charge in [-0.15, -0.1) is 0 Å². The van der Waals surface area contributed by atoms with Gasteiger partial charge in [-0.2, -0.15) is 0 Å². The molecule has 0 saturated heterocycles. The maximum atomic E-state index is 12.8. The Morgan fingerprint density at radius 3 is 1.14 bits per heavy atom. The van der Waals surface area contributed by atoms with E-state index in [1.165, 1.54) is 199 Å². The molecule has 0 rings (SSSR count). The summed E-state index contributed by atoms with van der Waals surface area (Å²) >= 11 is 0. The molecule has 0 aromatic heterocycles. The van der Waals surface area contributed by atoms with Gasteiger partial charge in [0.25, 0.3) is 0 Å². The molecule has 0 fully saturated rings. The SMILES string of the molecule is CCCCCCCCCCCCCC/C=C/CCCCCCCCCC(=O)OCC(COCCC(C(=O)[O-])[N+](C)(C)C)OC(=O)CCCCCCCCCCCCCCCCCC. The van der Waals surface area contributed by atoms with Crippen LogP contribution in [0.1, 0.15) is 271 Å². The topological polar surface area (TPSA) is 102 Å². The first-order valence-corrected chi connectivity index (χ1v) is 27.2. The van der Waals surface area contributed by atoms with Crippen LogP contribution < -0.4 is 5.11 Å². The van der Waals surface area contributed by atoms with Gasteiger partial charge in [0, 0.05) is 19.3 Å². The van der Waals surface area contributed by atoms with Crippen LogP contribution in [0.2, 0.25) is 0 Å². The second kappa shape index (κ2) is 46.6. The predicted molar refractivity (Wildman–Crippen MR) is 264 cm³/mol. The van der Waals surface area contributed by atoms with Gasteiger partial charge in [0.15, 0.2) is 6.10 Å². The van der Waals surface area contributed by atoms with Crippen molar-refractivity contribution in [1.29, 1.82) is 0 Å². The van der Waals surface area contributed by atoms with E-state index in [4.69, 9.17) is 14.2 Å². The second-order valence-corrected chi connectivity index (χ2v) is 19.8. The first-order chi connectivity index (χ1) is 30.6. The fourth-order valence-electron chi connectivity index (χ4n) is 8.42. The van der Waals surface area contributed by atoms with Gasteiger partial charge in [0.2, 0.25) is 0 Å². The molecule has 0 aromatic carbocycles. The summed E-state index contributed by atoms with van der Waals surface area (Å²) in [6.45, 7) is 4.71. The first kappa shape index (κ1) is 61.1. The molecule has 0 amide bonds. The third-order valence-electron chi connectivity index (χ3n) is 12.7. The summed E-state index contributed by atoms with van der Waals surface area (Å²) < 4.78 is 17.3. The molecule has 0 bridgehead atoms. The van der Waals surface area contributed by atoms with Crippen LogP contribution >= 0.6 is 0 Å². The molecule has 372 valence electrons. The summed E-state index contributed by atoms with van der Waals surface area (Å²) in [6.07, 6.45) is 52.5. The second-order valence-electron chi connectivity index (χ2n) is 19.8. The maximum absolute atomic E-state index is 12.8. The lowest BCUT2D eigenvalue weighted by Gasteiger charge is -2.34. The summed E-state index contributed by atoms with van der Waals surface area (Å²) in [6, 6.07) is -0.723. The van der Waals surface area contributed by atoms with Crippen LogP contribution in [0.25, 0.3) is 0 Å². The minimum atomic E-state index is -1.12. The lowest BCUT2D eigenvalue weighted by atomic mass is 10.0. The Kier molecular flexibility index (Phi) is 45.2. The van der Waals surface area contributed by atoms with Crippen LogP contribution in [0.3, 0.4) is 0 Å². The van der Waals surface area contributed by atoms with Crippen LogP contribution in [0.5, 0.6) is 0 Å². The van der Waals surface area contributed by atoms with Crippen molar-refractivity contribution in [2.75, 3.05) is 41.0 Å². The van der Waals surface area contributed by atoms with Crippen LogP contribution in [0, 0.1) is 0 Å². The van der Waals surface area contributed by atoms with Crippen LogP contribution in [0.15, 0.2) is 12.2 Å². The molecule has 0 aromatic rings. The number of carboxylic acid groups (broad SMARTS) is 1. The van der Waals surface area contributed by atoms with E-state index in [9.17, 15) is 19.5 Å². The number of allylic oxidation sites excluding steroid dienone is 2. The highest BCUT2D eigenvalue weighted by Gasteiger charge is 2.25. The van der Waals surface area contributed by atoms with Crippen molar-refractivity contribution in [3.05, 3.63) is 12.2 Å². The number of carbonyl (C=O) groups excluding carboxylic acids is 3. The molecule has 2 unspecified atom stereocenters. The Morgan fingerprint density at radius 1 is 0.460 bits per heavy atom. The average molecular weight is 892 g/mol. The number of carbonyl (C=O) groups is 3. The highest BCUT2D eigenvalue weighted by Crippen LogP contribution is 2.17. The van der Waals surface area contributed by atoms with Gasteiger partial charge in [-0.25, -0.2) is 0 Å². The van der Waals surface area contributed by atoms with E-state index in [2.05, 4.69) is 26.0 Å². The van der Waals surface area contributed by atoms with Gasteiger partial charge in [0.1, 0.15) is 12.6 Å². The molecular weight excluding hydrogens is 787 g/mol. The molecule has 0 aliphatic heterocycles.